The van der Waals surface area contributed by atoms with Gasteiger partial charge in [0.2, 0.25) is 0 Å². The molecule has 1 unspecified atom stereocenters. The number of pyridine rings is 1. The molecule has 2 aromatic rings. The molecule has 28 heavy (non-hydrogen) atoms. The second-order valence-electron chi connectivity index (χ2n) is 6.81. The number of hydrogen-bond donors (Lipinski definition) is 1. The molecule has 1 heterocycles. The van der Waals surface area contributed by atoms with Crippen molar-refractivity contribution in [3.8, 4) is 0 Å². The summed E-state index contributed by atoms with van der Waals surface area (Å²) in [6.45, 7) is 5.01. The van der Waals surface area contributed by atoms with Crippen molar-refractivity contribution in [3.63, 3.8) is 0 Å². The first-order chi connectivity index (χ1) is 13.2. The number of nitrogens with zero attached hydrogens (tertiary/aromatic N) is 1. The van der Waals surface area contributed by atoms with Gasteiger partial charge in [0.05, 0.1) is 23.9 Å². The predicted octanol–water partition coefficient (Wildman–Crippen LogP) is 3.06. The van der Waals surface area contributed by atoms with Crippen molar-refractivity contribution in [2.75, 3.05) is 13.7 Å². The van der Waals surface area contributed by atoms with Gasteiger partial charge in [0.1, 0.15) is 6.04 Å². The van der Waals surface area contributed by atoms with Gasteiger partial charge in [0.25, 0.3) is 5.91 Å². The number of amides is 1. The number of methoxy groups -OCH3 is 1. The molecule has 0 bridgehead atoms. The summed E-state index contributed by atoms with van der Waals surface area (Å²) in [5.41, 5.74) is 1.42. The number of fused-ring (bicyclic) bond motifs is 1. The minimum atomic E-state index is -0.789. The number of hydrogen-bond acceptors (Lipinski definition) is 6. The first kappa shape index (κ1) is 21.6. The first-order valence-corrected chi connectivity index (χ1v) is 9.20. The molecule has 0 saturated heterocycles. The van der Waals surface area contributed by atoms with Crippen molar-refractivity contribution in [3.05, 3.63) is 40.5 Å². The van der Waals surface area contributed by atoms with Crippen LogP contribution in [0.1, 0.15) is 36.3 Å². The molecule has 2 rings (SSSR count). The van der Waals surface area contributed by atoms with E-state index < -0.39 is 30.5 Å². The summed E-state index contributed by atoms with van der Waals surface area (Å²) in [4.78, 5) is 40.6. The van der Waals surface area contributed by atoms with Gasteiger partial charge in [-0.25, -0.2) is 9.59 Å². The molecule has 1 atom stereocenters. The summed E-state index contributed by atoms with van der Waals surface area (Å²) in [7, 11) is 1.25. The fourth-order valence-corrected chi connectivity index (χ4v) is 2.90. The standard InChI is InChI=1S/C20H23ClN2O5/c1-11(2)7-17(20(26)27-4)23-18(24)10-28-19(25)15-9-13-8-14(21)5-6-16(13)22-12(15)3/h5-6,8-9,11,17H,7,10H2,1-4H3,(H,23,24). The van der Waals surface area contributed by atoms with Crippen molar-refractivity contribution in [1.29, 1.82) is 0 Å². The Morgan fingerprint density at radius 3 is 2.57 bits per heavy atom. The number of aromatic nitrogens is 1. The number of esters is 2. The second kappa shape index (κ2) is 9.50. The van der Waals surface area contributed by atoms with Crippen LogP contribution in [0.4, 0.5) is 0 Å². The van der Waals surface area contributed by atoms with E-state index in [2.05, 4.69) is 10.3 Å². The second-order valence-corrected chi connectivity index (χ2v) is 7.24. The van der Waals surface area contributed by atoms with Crippen LogP contribution in [0.3, 0.4) is 0 Å². The van der Waals surface area contributed by atoms with E-state index in [4.69, 9.17) is 21.1 Å². The fraction of sp³-hybridized carbons (Fsp3) is 0.400. The van der Waals surface area contributed by atoms with Gasteiger partial charge in [0.15, 0.2) is 6.61 Å². The van der Waals surface area contributed by atoms with Crippen LogP contribution >= 0.6 is 11.6 Å². The zero-order valence-corrected chi connectivity index (χ0v) is 17.0. The Hall–Kier alpha value is -2.67. The Morgan fingerprint density at radius 2 is 1.93 bits per heavy atom. The molecule has 1 N–H and O–H groups in total. The van der Waals surface area contributed by atoms with Crippen LogP contribution in [0.15, 0.2) is 24.3 Å². The summed E-state index contributed by atoms with van der Waals surface area (Å²) in [5, 5.41) is 3.75. The molecule has 8 heteroatoms. The van der Waals surface area contributed by atoms with E-state index in [-0.39, 0.29) is 11.5 Å². The van der Waals surface area contributed by atoms with E-state index in [1.807, 2.05) is 13.8 Å². The summed E-state index contributed by atoms with van der Waals surface area (Å²) < 4.78 is 9.79. The molecule has 0 fully saturated rings. The smallest absolute Gasteiger partial charge is 0.340 e. The zero-order valence-electron chi connectivity index (χ0n) is 16.2. The van der Waals surface area contributed by atoms with Gasteiger partial charge in [-0.05, 0) is 43.5 Å². The average molecular weight is 407 g/mol. The number of benzene rings is 1. The number of carbonyl (C=O) groups excluding carboxylic acids is 3. The van der Waals surface area contributed by atoms with Crippen LogP contribution in [0.5, 0.6) is 0 Å². The Morgan fingerprint density at radius 1 is 1.21 bits per heavy atom. The molecule has 0 saturated carbocycles. The molecule has 0 aliphatic heterocycles. The van der Waals surface area contributed by atoms with Crippen molar-refractivity contribution in [1.82, 2.24) is 10.3 Å². The number of rotatable bonds is 7. The molecule has 0 aliphatic carbocycles. The summed E-state index contributed by atoms with van der Waals surface area (Å²) in [6.07, 6.45) is 0.417. The van der Waals surface area contributed by atoms with Gasteiger partial charge < -0.3 is 14.8 Å². The van der Waals surface area contributed by atoms with Gasteiger partial charge in [-0.1, -0.05) is 25.4 Å². The molecule has 0 spiro atoms. The van der Waals surface area contributed by atoms with Crippen LogP contribution in [0.2, 0.25) is 5.02 Å². The van der Waals surface area contributed by atoms with E-state index in [1.54, 1.807) is 31.2 Å². The maximum absolute atomic E-state index is 12.4. The normalized spacial score (nSPS) is 11.9. The highest BCUT2D eigenvalue weighted by Crippen LogP contribution is 2.21. The Balaban J connectivity index is 2.04. The Kier molecular flexibility index (Phi) is 7.34. The summed E-state index contributed by atoms with van der Waals surface area (Å²) in [6, 6.07) is 6.00. The molecule has 1 amide bonds. The van der Waals surface area contributed by atoms with Crippen LogP contribution in [-0.2, 0) is 19.1 Å². The van der Waals surface area contributed by atoms with Crippen LogP contribution in [-0.4, -0.2) is 42.6 Å². The van der Waals surface area contributed by atoms with Gasteiger partial charge in [-0.15, -0.1) is 0 Å². The van der Waals surface area contributed by atoms with E-state index >= 15 is 0 Å². The topological polar surface area (TPSA) is 94.6 Å². The molecule has 150 valence electrons. The van der Waals surface area contributed by atoms with Crippen molar-refractivity contribution < 1.29 is 23.9 Å². The minimum absolute atomic E-state index is 0.171. The first-order valence-electron chi connectivity index (χ1n) is 8.82. The highest BCUT2D eigenvalue weighted by molar-refractivity contribution is 6.31. The molecule has 7 nitrogen and oxygen atoms in total. The molecular weight excluding hydrogens is 384 g/mol. The minimum Gasteiger partial charge on any atom is -0.467 e. The van der Waals surface area contributed by atoms with E-state index in [0.29, 0.717) is 28.0 Å². The SMILES string of the molecule is COC(=O)C(CC(C)C)NC(=O)COC(=O)c1cc2cc(Cl)ccc2nc1C. The number of aryl methyl sites for hydroxylation is 1. The largest absolute Gasteiger partial charge is 0.467 e. The van der Waals surface area contributed by atoms with Gasteiger partial charge in [-0.2, -0.15) is 0 Å². The monoisotopic (exact) mass is 406 g/mol. The Bertz CT molecular complexity index is 898. The van der Waals surface area contributed by atoms with Gasteiger partial charge >= 0.3 is 11.9 Å². The fourth-order valence-electron chi connectivity index (χ4n) is 2.72. The van der Waals surface area contributed by atoms with E-state index in [9.17, 15) is 14.4 Å². The third kappa shape index (κ3) is 5.66. The van der Waals surface area contributed by atoms with E-state index in [0.717, 1.165) is 0 Å². The predicted molar refractivity (Wildman–Crippen MR) is 105 cm³/mol. The lowest BCUT2D eigenvalue weighted by molar-refractivity contribution is -0.145. The van der Waals surface area contributed by atoms with Crippen molar-refractivity contribution in [2.45, 2.75) is 33.2 Å². The number of carbonyl (C=O) groups is 3. The molecular formula is C20H23ClN2O5. The number of nitrogens with one attached hydrogen (secondary N) is 1. The summed E-state index contributed by atoms with van der Waals surface area (Å²) in [5.74, 6) is -1.63. The van der Waals surface area contributed by atoms with Gasteiger partial charge in [-0.3, -0.25) is 9.78 Å². The lowest BCUT2D eigenvalue weighted by Gasteiger charge is -2.18. The average Bonchev–Trinajstić information content (AvgIpc) is 2.64. The van der Waals surface area contributed by atoms with Crippen LogP contribution in [0, 0.1) is 12.8 Å². The molecule has 0 radical (unpaired) electrons. The molecule has 1 aromatic heterocycles. The summed E-state index contributed by atoms with van der Waals surface area (Å²) >= 11 is 5.98. The number of ether oxygens (including phenoxy) is 2. The Labute approximate surface area is 168 Å². The molecule has 1 aromatic carbocycles. The zero-order chi connectivity index (χ0) is 20.8. The highest BCUT2D eigenvalue weighted by Gasteiger charge is 2.23. The maximum atomic E-state index is 12.4. The lowest BCUT2D eigenvalue weighted by atomic mass is 10.0. The quantitative estimate of drug-likeness (QED) is 0.710. The van der Waals surface area contributed by atoms with Crippen LogP contribution in [0.25, 0.3) is 10.9 Å². The highest BCUT2D eigenvalue weighted by atomic mass is 35.5. The van der Waals surface area contributed by atoms with Crippen molar-refractivity contribution >= 4 is 40.3 Å². The maximum Gasteiger partial charge on any atom is 0.340 e. The van der Waals surface area contributed by atoms with E-state index in [1.165, 1.54) is 7.11 Å². The molecule has 0 aliphatic rings. The van der Waals surface area contributed by atoms with Crippen molar-refractivity contribution in [2.24, 2.45) is 5.92 Å². The number of halogens is 1. The van der Waals surface area contributed by atoms with Crippen LogP contribution < -0.4 is 5.32 Å². The lowest BCUT2D eigenvalue weighted by Crippen LogP contribution is -2.44. The third-order valence-electron chi connectivity index (χ3n) is 4.05. The van der Waals surface area contributed by atoms with Gasteiger partial charge in [0, 0.05) is 10.4 Å². The third-order valence-corrected chi connectivity index (χ3v) is 4.28.